The molecule has 1 aliphatic heterocycles. The van der Waals surface area contributed by atoms with Crippen LogP contribution in [0.4, 0.5) is 0 Å². The molecule has 43 heavy (non-hydrogen) atoms. The van der Waals surface area contributed by atoms with E-state index in [1.54, 1.807) is 24.3 Å². The zero-order chi connectivity index (χ0) is 31.8. The molecule has 1 aromatic carbocycles. The number of aliphatic hydroxyl groups excluding tert-OH is 3. The van der Waals surface area contributed by atoms with Crippen LogP contribution in [0.3, 0.4) is 0 Å². The molecule has 1 saturated heterocycles. The number of aliphatic hydroxyl groups is 3. The normalized spacial score (nSPS) is 23.1. The van der Waals surface area contributed by atoms with Gasteiger partial charge in [0.05, 0.1) is 25.1 Å². The maximum atomic E-state index is 12.4. The number of nitrogens with one attached hydrogen (secondary N) is 3. The third-order valence-corrected chi connectivity index (χ3v) is 7.02. The molecule has 0 unspecified atom stereocenters. The summed E-state index contributed by atoms with van der Waals surface area (Å²) in [4.78, 5) is 36.9. The Hall–Kier alpha value is -2.80. The van der Waals surface area contributed by atoms with Crippen LogP contribution >= 0.6 is 11.6 Å². The van der Waals surface area contributed by atoms with Gasteiger partial charge in [0.25, 0.3) is 0 Å². The van der Waals surface area contributed by atoms with Crippen molar-refractivity contribution >= 4 is 29.4 Å². The van der Waals surface area contributed by atoms with Crippen molar-refractivity contribution in [3.63, 3.8) is 0 Å². The predicted molar refractivity (Wildman–Crippen MR) is 156 cm³/mol. The van der Waals surface area contributed by atoms with Crippen LogP contribution in [0.25, 0.3) is 0 Å². The van der Waals surface area contributed by atoms with Gasteiger partial charge in [-0.05, 0) is 37.6 Å². The van der Waals surface area contributed by atoms with Gasteiger partial charge in [-0.25, -0.2) is 4.79 Å². The molecule has 14 heteroatoms. The molecule has 0 bridgehead atoms. The van der Waals surface area contributed by atoms with Crippen molar-refractivity contribution in [1.29, 1.82) is 0 Å². The molecule has 1 heterocycles. The lowest BCUT2D eigenvalue weighted by molar-refractivity contribution is -0.234. The van der Waals surface area contributed by atoms with Gasteiger partial charge in [0, 0.05) is 24.8 Å². The van der Waals surface area contributed by atoms with E-state index in [0.717, 1.165) is 19.3 Å². The minimum Gasteiger partial charge on any atom is -0.479 e. The van der Waals surface area contributed by atoms with E-state index in [1.165, 1.54) is 7.05 Å². The Morgan fingerprint density at radius 1 is 1.09 bits per heavy atom. The molecule has 13 nitrogen and oxygen atoms in total. The van der Waals surface area contributed by atoms with Gasteiger partial charge in [0.2, 0.25) is 11.8 Å². The highest BCUT2D eigenvalue weighted by molar-refractivity contribution is 6.30. The first kappa shape index (κ1) is 36.4. The lowest BCUT2D eigenvalue weighted by atomic mass is 9.88. The second-order valence-corrected chi connectivity index (χ2v) is 10.6. The molecule has 1 fully saturated rings. The van der Waals surface area contributed by atoms with E-state index in [9.17, 15) is 34.8 Å². The summed E-state index contributed by atoms with van der Waals surface area (Å²) in [5, 5.41) is 50.9. The first-order valence-corrected chi connectivity index (χ1v) is 14.5. The maximum absolute atomic E-state index is 12.4. The molecule has 7 atom stereocenters. The number of carboxylic acid groups (broad SMARTS) is 1. The van der Waals surface area contributed by atoms with Crippen molar-refractivity contribution in [3.8, 4) is 12.3 Å². The Labute approximate surface area is 256 Å². The molecule has 240 valence electrons. The third-order valence-electron chi connectivity index (χ3n) is 6.76. The number of unbranched alkanes of at least 4 members (excludes halogenated alkanes) is 3. The second kappa shape index (κ2) is 19.5. The highest BCUT2D eigenvalue weighted by Crippen LogP contribution is 2.27. The van der Waals surface area contributed by atoms with Gasteiger partial charge in [-0.15, -0.1) is 6.42 Å². The monoisotopic (exact) mass is 627 g/mol. The number of ether oxygens (including phenoxy) is 3. The molecule has 0 saturated carbocycles. The van der Waals surface area contributed by atoms with Crippen molar-refractivity contribution in [1.82, 2.24) is 16.0 Å². The number of terminal acetylenes is 1. The van der Waals surface area contributed by atoms with Crippen molar-refractivity contribution in [2.24, 2.45) is 0 Å². The Balaban J connectivity index is 2.03. The number of halogens is 1. The number of carbonyl (C=O) groups is 3. The number of carboxylic acids is 1. The molecule has 1 aliphatic rings. The van der Waals surface area contributed by atoms with Crippen LogP contribution in [0, 0.1) is 12.3 Å². The van der Waals surface area contributed by atoms with Crippen LogP contribution in [0.1, 0.15) is 31.2 Å². The molecule has 2 rings (SSSR count). The quantitative estimate of drug-likeness (QED) is 0.0752. The second-order valence-electron chi connectivity index (χ2n) is 10.1. The van der Waals surface area contributed by atoms with Gasteiger partial charge in [-0.1, -0.05) is 42.5 Å². The number of rotatable bonds is 19. The van der Waals surface area contributed by atoms with E-state index in [-0.39, 0.29) is 26.2 Å². The standard InChI is InChI=1S/C29H42ClN3O10/c1-3-12-41-13-6-4-5-7-14-42-27-25(38)23(33-22(36)17-31-2)26(43-28(27)29(39)40)24(37)20(34)16-32-21(35)15-18-8-10-19(30)11-9-18/h1,8-11,20,23-28,31,34,37-38H,4-7,12-17H2,2H3,(H,32,35)(H,33,36)(H,39,40)/t20-,23-,24-,25-,26-,27-,28-/m1/s1. The fraction of sp³-hybridized carbons (Fsp3) is 0.621. The zero-order valence-corrected chi connectivity index (χ0v) is 24.9. The minimum absolute atomic E-state index is 0.0129. The van der Waals surface area contributed by atoms with E-state index in [1.807, 2.05) is 0 Å². The predicted octanol–water partition coefficient (Wildman–Crippen LogP) is -0.767. The average molecular weight is 628 g/mol. The lowest BCUT2D eigenvalue weighted by Gasteiger charge is -2.45. The fourth-order valence-corrected chi connectivity index (χ4v) is 4.70. The number of aliphatic carboxylic acids is 1. The molecule has 2 amide bonds. The Bertz CT molecular complexity index is 1050. The molecular formula is C29H42ClN3O10. The summed E-state index contributed by atoms with van der Waals surface area (Å²) in [7, 11) is 1.53. The van der Waals surface area contributed by atoms with Gasteiger partial charge in [-0.2, -0.15) is 0 Å². The first-order chi connectivity index (χ1) is 20.6. The number of carbonyl (C=O) groups excluding carboxylic acids is 2. The Morgan fingerprint density at radius 3 is 2.40 bits per heavy atom. The zero-order valence-electron chi connectivity index (χ0n) is 24.1. The van der Waals surface area contributed by atoms with Crippen LogP contribution in [0.5, 0.6) is 0 Å². The van der Waals surface area contributed by atoms with E-state index in [2.05, 4.69) is 21.9 Å². The smallest absolute Gasteiger partial charge is 0.335 e. The number of amides is 2. The molecule has 7 N–H and O–H groups in total. The van der Waals surface area contributed by atoms with Crippen molar-refractivity contribution in [2.75, 3.05) is 40.0 Å². The van der Waals surface area contributed by atoms with Gasteiger partial charge in [0.1, 0.15) is 31.0 Å². The SMILES string of the molecule is C#CCOCCCCCCO[C@@H]1[C@H](O)[C@@H](NC(=O)CNC)[C@H]([C@H](O)[C@H](O)CNC(=O)Cc2ccc(Cl)cc2)O[C@H]1C(=O)O. The van der Waals surface area contributed by atoms with E-state index in [0.29, 0.717) is 23.6 Å². The number of likely N-dealkylation sites (N-methyl/N-ethyl adjacent to an activating group) is 1. The van der Waals surface area contributed by atoms with Gasteiger partial charge >= 0.3 is 5.97 Å². The highest BCUT2D eigenvalue weighted by Gasteiger charge is 2.52. The third kappa shape index (κ3) is 12.4. The summed E-state index contributed by atoms with van der Waals surface area (Å²) in [5.41, 5.74) is 0.674. The summed E-state index contributed by atoms with van der Waals surface area (Å²) in [5.74, 6) is -0.0961. The average Bonchev–Trinajstić information content (AvgIpc) is 2.97. The van der Waals surface area contributed by atoms with Gasteiger partial charge in [-0.3, -0.25) is 9.59 Å². The summed E-state index contributed by atoms with van der Waals surface area (Å²) < 4.78 is 16.6. The fourth-order valence-electron chi connectivity index (χ4n) is 4.57. The molecule has 0 radical (unpaired) electrons. The number of hydrogen-bond acceptors (Lipinski definition) is 10. The van der Waals surface area contributed by atoms with Gasteiger partial charge in [0.15, 0.2) is 6.10 Å². The lowest BCUT2D eigenvalue weighted by Crippen LogP contribution is -2.69. The van der Waals surface area contributed by atoms with Crippen molar-refractivity contribution in [2.45, 2.75) is 74.8 Å². The number of hydrogen-bond donors (Lipinski definition) is 7. The Kier molecular flexibility index (Phi) is 16.5. The molecule has 0 spiro atoms. The van der Waals surface area contributed by atoms with Crippen molar-refractivity contribution < 1.29 is 49.0 Å². The molecule has 1 aromatic rings. The van der Waals surface area contributed by atoms with Crippen LogP contribution in [0.15, 0.2) is 24.3 Å². The largest absolute Gasteiger partial charge is 0.479 e. The van der Waals surface area contributed by atoms with Gasteiger partial charge < -0.3 is 50.6 Å². The Morgan fingerprint density at radius 2 is 1.77 bits per heavy atom. The molecular weight excluding hydrogens is 586 g/mol. The van der Waals surface area contributed by atoms with E-state index in [4.69, 9.17) is 32.2 Å². The first-order valence-electron chi connectivity index (χ1n) is 14.1. The number of benzene rings is 1. The highest BCUT2D eigenvalue weighted by atomic mass is 35.5. The summed E-state index contributed by atoms with van der Waals surface area (Å²) in [6.07, 6.45) is -1.65. The minimum atomic E-state index is -1.80. The summed E-state index contributed by atoms with van der Waals surface area (Å²) in [6.45, 7) is 0.321. The maximum Gasteiger partial charge on any atom is 0.335 e. The summed E-state index contributed by atoms with van der Waals surface area (Å²) in [6, 6.07) is 5.26. The van der Waals surface area contributed by atoms with Crippen LogP contribution in [0.2, 0.25) is 5.02 Å². The van der Waals surface area contributed by atoms with Crippen LogP contribution in [-0.2, 0) is 35.0 Å². The summed E-state index contributed by atoms with van der Waals surface area (Å²) >= 11 is 5.86. The van der Waals surface area contributed by atoms with E-state index < -0.39 is 67.0 Å². The van der Waals surface area contributed by atoms with Crippen LogP contribution in [-0.4, -0.2) is 121 Å². The topological polar surface area (TPSA) is 196 Å². The molecule has 0 aromatic heterocycles. The molecule has 0 aliphatic carbocycles. The van der Waals surface area contributed by atoms with Crippen molar-refractivity contribution in [3.05, 3.63) is 34.9 Å². The van der Waals surface area contributed by atoms with Crippen LogP contribution < -0.4 is 16.0 Å². The van der Waals surface area contributed by atoms with E-state index >= 15 is 0 Å².